The van der Waals surface area contributed by atoms with E-state index < -0.39 is 0 Å². The Kier molecular flexibility index (Phi) is 5.29. The average Bonchev–Trinajstić information content (AvgIpc) is 3.19. The summed E-state index contributed by atoms with van der Waals surface area (Å²) in [6.07, 6.45) is 2.36. The zero-order valence-corrected chi connectivity index (χ0v) is 15.5. The molecule has 0 aliphatic heterocycles. The Morgan fingerprint density at radius 2 is 1.43 bits per heavy atom. The first-order valence-corrected chi connectivity index (χ1v) is 9.29. The van der Waals surface area contributed by atoms with Crippen LogP contribution >= 0.6 is 0 Å². The van der Waals surface area contributed by atoms with E-state index in [1.165, 1.54) is 0 Å². The summed E-state index contributed by atoms with van der Waals surface area (Å²) < 4.78 is 1.86. The number of rotatable bonds is 6. The third-order valence-electron chi connectivity index (χ3n) is 4.54. The molecule has 0 unspecified atom stereocenters. The fourth-order valence-corrected chi connectivity index (χ4v) is 3.13. The Labute approximate surface area is 164 Å². The molecule has 138 valence electrons. The van der Waals surface area contributed by atoms with Crippen molar-refractivity contribution < 1.29 is 4.79 Å². The number of aromatic nitrogens is 2. The SMILES string of the molecule is O=C(Cc1ccccc1)NCc1cn(-c2ccccc2)nc1-c1ccccc1. The number of carbonyl (C=O) groups is 1. The van der Waals surface area contributed by atoms with Gasteiger partial charge in [-0.25, -0.2) is 4.68 Å². The molecule has 4 heteroatoms. The Bertz CT molecular complexity index is 1040. The van der Waals surface area contributed by atoms with Gasteiger partial charge in [-0.2, -0.15) is 5.10 Å². The number of benzene rings is 3. The van der Waals surface area contributed by atoms with E-state index in [9.17, 15) is 4.79 Å². The van der Waals surface area contributed by atoms with E-state index in [4.69, 9.17) is 5.10 Å². The highest BCUT2D eigenvalue weighted by Gasteiger charge is 2.13. The Balaban J connectivity index is 1.56. The van der Waals surface area contributed by atoms with Gasteiger partial charge in [-0.3, -0.25) is 4.79 Å². The Morgan fingerprint density at radius 1 is 0.821 bits per heavy atom. The van der Waals surface area contributed by atoms with Crippen LogP contribution in [0.5, 0.6) is 0 Å². The molecule has 0 saturated heterocycles. The molecule has 1 heterocycles. The van der Waals surface area contributed by atoms with Gasteiger partial charge in [0, 0.05) is 23.9 Å². The van der Waals surface area contributed by atoms with Gasteiger partial charge in [0.05, 0.1) is 17.8 Å². The first-order chi connectivity index (χ1) is 13.8. The van der Waals surface area contributed by atoms with Gasteiger partial charge in [-0.15, -0.1) is 0 Å². The van der Waals surface area contributed by atoms with E-state index in [0.717, 1.165) is 28.1 Å². The minimum atomic E-state index is -0.00215. The molecular weight excluding hydrogens is 346 g/mol. The molecule has 0 bridgehead atoms. The van der Waals surface area contributed by atoms with E-state index in [-0.39, 0.29) is 5.91 Å². The van der Waals surface area contributed by atoms with E-state index in [1.807, 2.05) is 102 Å². The first-order valence-electron chi connectivity index (χ1n) is 9.29. The summed E-state index contributed by atoms with van der Waals surface area (Å²) in [5.74, 6) is -0.00215. The number of para-hydroxylation sites is 1. The topological polar surface area (TPSA) is 46.9 Å². The second-order valence-corrected chi connectivity index (χ2v) is 6.59. The van der Waals surface area contributed by atoms with Crippen molar-refractivity contribution in [2.45, 2.75) is 13.0 Å². The molecule has 1 amide bonds. The molecule has 0 saturated carbocycles. The summed E-state index contributed by atoms with van der Waals surface area (Å²) >= 11 is 0. The monoisotopic (exact) mass is 367 g/mol. The van der Waals surface area contributed by atoms with E-state index in [0.29, 0.717) is 13.0 Å². The first kappa shape index (κ1) is 17.7. The lowest BCUT2D eigenvalue weighted by Gasteiger charge is -2.06. The molecule has 28 heavy (non-hydrogen) atoms. The molecule has 4 aromatic rings. The van der Waals surface area contributed by atoms with Crippen molar-refractivity contribution in [2.75, 3.05) is 0 Å². The summed E-state index contributed by atoms with van der Waals surface area (Å²) in [6.45, 7) is 0.433. The van der Waals surface area contributed by atoms with E-state index >= 15 is 0 Å². The second kappa shape index (κ2) is 8.35. The fourth-order valence-electron chi connectivity index (χ4n) is 3.13. The van der Waals surface area contributed by atoms with Gasteiger partial charge in [-0.1, -0.05) is 78.9 Å². The van der Waals surface area contributed by atoms with Crippen molar-refractivity contribution in [2.24, 2.45) is 0 Å². The largest absolute Gasteiger partial charge is 0.352 e. The number of amides is 1. The van der Waals surface area contributed by atoms with Crippen LogP contribution in [0.2, 0.25) is 0 Å². The molecular formula is C24H21N3O. The molecule has 4 nitrogen and oxygen atoms in total. The zero-order chi connectivity index (χ0) is 19.2. The van der Waals surface area contributed by atoms with Crippen molar-refractivity contribution in [3.63, 3.8) is 0 Å². The van der Waals surface area contributed by atoms with Crippen LogP contribution in [0.4, 0.5) is 0 Å². The molecule has 0 radical (unpaired) electrons. The summed E-state index contributed by atoms with van der Waals surface area (Å²) in [4.78, 5) is 12.4. The molecule has 1 N–H and O–H groups in total. The maximum absolute atomic E-state index is 12.4. The average molecular weight is 367 g/mol. The van der Waals surface area contributed by atoms with Crippen LogP contribution in [0.25, 0.3) is 16.9 Å². The molecule has 1 aromatic heterocycles. The lowest BCUT2D eigenvalue weighted by molar-refractivity contribution is -0.120. The molecule has 0 aliphatic carbocycles. The minimum Gasteiger partial charge on any atom is -0.352 e. The highest BCUT2D eigenvalue weighted by molar-refractivity contribution is 5.78. The van der Waals surface area contributed by atoms with Crippen molar-refractivity contribution in [3.8, 4) is 16.9 Å². The number of nitrogens with one attached hydrogen (secondary N) is 1. The molecule has 0 spiro atoms. The maximum Gasteiger partial charge on any atom is 0.224 e. The quantitative estimate of drug-likeness (QED) is 0.549. The van der Waals surface area contributed by atoms with Crippen LogP contribution in [0, 0.1) is 0 Å². The fraction of sp³-hybridized carbons (Fsp3) is 0.0833. The third kappa shape index (κ3) is 4.18. The molecule has 3 aromatic carbocycles. The van der Waals surface area contributed by atoms with Crippen LogP contribution in [0.3, 0.4) is 0 Å². The molecule has 0 fully saturated rings. The van der Waals surface area contributed by atoms with Crippen LogP contribution in [-0.2, 0) is 17.8 Å². The standard InChI is InChI=1S/C24H21N3O/c28-23(16-19-10-4-1-5-11-19)25-17-21-18-27(22-14-8-3-9-15-22)26-24(21)20-12-6-2-7-13-20/h1-15,18H,16-17H2,(H,25,28). The van der Waals surface area contributed by atoms with Crippen LogP contribution in [0.1, 0.15) is 11.1 Å². The molecule has 4 rings (SSSR count). The second-order valence-electron chi connectivity index (χ2n) is 6.59. The van der Waals surface area contributed by atoms with Gasteiger partial charge < -0.3 is 5.32 Å². The van der Waals surface area contributed by atoms with Gasteiger partial charge in [-0.05, 0) is 17.7 Å². The number of nitrogens with zero attached hydrogens (tertiary/aromatic N) is 2. The van der Waals surface area contributed by atoms with Crippen molar-refractivity contribution in [1.29, 1.82) is 0 Å². The summed E-state index contributed by atoms with van der Waals surface area (Å²) in [6, 6.07) is 29.8. The molecule has 0 atom stereocenters. The highest BCUT2D eigenvalue weighted by Crippen LogP contribution is 2.23. The lowest BCUT2D eigenvalue weighted by atomic mass is 10.1. The number of carbonyl (C=O) groups excluding carboxylic acids is 1. The number of hydrogen-bond acceptors (Lipinski definition) is 2. The van der Waals surface area contributed by atoms with Gasteiger partial charge in [0.1, 0.15) is 0 Å². The summed E-state index contributed by atoms with van der Waals surface area (Å²) in [5, 5.41) is 7.81. The van der Waals surface area contributed by atoms with Crippen molar-refractivity contribution in [3.05, 3.63) is 108 Å². The van der Waals surface area contributed by atoms with E-state index in [1.54, 1.807) is 0 Å². The predicted molar refractivity (Wildman–Crippen MR) is 111 cm³/mol. The highest BCUT2D eigenvalue weighted by atomic mass is 16.1. The lowest BCUT2D eigenvalue weighted by Crippen LogP contribution is -2.24. The summed E-state index contributed by atoms with van der Waals surface area (Å²) in [7, 11) is 0. The maximum atomic E-state index is 12.4. The predicted octanol–water partition coefficient (Wildman–Crippen LogP) is 4.40. The third-order valence-corrected chi connectivity index (χ3v) is 4.54. The van der Waals surface area contributed by atoms with Gasteiger partial charge >= 0.3 is 0 Å². The van der Waals surface area contributed by atoms with Gasteiger partial charge in [0.2, 0.25) is 5.91 Å². The molecule has 0 aliphatic rings. The normalized spacial score (nSPS) is 10.6. The van der Waals surface area contributed by atoms with Crippen LogP contribution in [-0.4, -0.2) is 15.7 Å². The van der Waals surface area contributed by atoms with E-state index in [2.05, 4.69) is 5.32 Å². The van der Waals surface area contributed by atoms with Gasteiger partial charge in [0.25, 0.3) is 0 Å². The van der Waals surface area contributed by atoms with Crippen LogP contribution in [0.15, 0.2) is 97.2 Å². The van der Waals surface area contributed by atoms with Gasteiger partial charge in [0.15, 0.2) is 0 Å². The summed E-state index contributed by atoms with van der Waals surface area (Å²) in [5.41, 5.74) is 4.88. The van der Waals surface area contributed by atoms with Crippen molar-refractivity contribution in [1.82, 2.24) is 15.1 Å². The number of hydrogen-bond donors (Lipinski definition) is 1. The smallest absolute Gasteiger partial charge is 0.224 e. The minimum absolute atomic E-state index is 0.00215. The Hall–Kier alpha value is -3.66. The van der Waals surface area contributed by atoms with Crippen molar-refractivity contribution >= 4 is 5.91 Å². The Morgan fingerprint density at radius 3 is 2.11 bits per heavy atom. The zero-order valence-electron chi connectivity index (χ0n) is 15.5. The van der Waals surface area contributed by atoms with Crippen LogP contribution < -0.4 is 5.32 Å².